The van der Waals surface area contributed by atoms with E-state index in [0.29, 0.717) is 25.0 Å². The molecule has 24 heavy (non-hydrogen) atoms. The van der Waals surface area contributed by atoms with Crippen LogP contribution in [0.25, 0.3) is 0 Å². The van der Waals surface area contributed by atoms with Gasteiger partial charge in [0.05, 0.1) is 6.54 Å². The van der Waals surface area contributed by atoms with Gasteiger partial charge in [0, 0.05) is 19.6 Å². The Kier molecular flexibility index (Phi) is 6.67. The molecule has 2 rings (SSSR count). The first-order chi connectivity index (χ1) is 11.3. The van der Waals surface area contributed by atoms with E-state index in [1.165, 1.54) is 17.5 Å². The van der Waals surface area contributed by atoms with Crippen LogP contribution >= 0.6 is 0 Å². The Morgan fingerprint density at radius 1 is 1.17 bits per heavy atom. The molecule has 2 unspecified atom stereocenters. The van der Waals surface area contributed by atoms with Gasteiger partial charge in [0.25, 0.3) is 0 Å². The molecule has 4 heteroatoms. The largest absolute Gasteiger partial charge is 0.492 e. The number of ether oxygens (including phenoxy) is 1. The summed E-state index contributed by atoms with van der Waals surface area (Å²) in [5, 5.41) is 0. The summed E-state index contributed by atoms with van der Waals surface area (Å²) in [6.07, 6.45) is 1.23. The zero-order valence-electron chi connectivity index (χ0n) is 15.8. The number of benzene rings is 1. The molecule has 1 aliphatic rings. The summed E-state index contributed by atoms with van der Waals surface area (Å²) in [4.78, 5) is 16.5. The third-order valence-corrected chi connectivity index (χ3v) is 4.56. The summed E-state index contributed by atoms with van der Waals surface area (Å²) in [5.74, 6) is 2.36. The first-order valence-corrected chi connectivity index (χ1v) is 9.01. The van der Waals surface area contributed by atoms with Gasteiger partial charge >= 0.3 is 0 Å². The Bertz CT molecular complexity index is 528. The highest BCUT2D eigenvalue weighted by Gasteiger charge is 2.25. The van der Waals surface area contributed by atoms with Crippen LogP contribution in [0.5, 0.6) is 5.75 Å². The van der Waals surface area contributed by atoms with Crippen LogP contribution in [0.3, 0.4) is 0 Å². The minimum absolute atomic E-state index is 0.238. The normalized spacial score (nSPS) is 21.2. The van der Waals surface area contributed by atoms with E-state index in [2.05, 4.69) is 50.8 Å². The molecule has 0 bridgehead atoms. The lowest BCUT2D eigenvalue weighted by Gasteiger charge is -2.35. The van der Waals surface area contributed by atoms with Gasteiger partial charge in [-0.2, -0.15) is 0 Å². The van der Waals surface area contributed by atoms with Crippen molar-refractivity contribution in [3.8, 4) is 5.75 Å². The number of piperidine rings is 1. The number of likely N-dealkylation sites (N-methyl/N-ethyl adjacent to an activating group) is 1. The maximum absolute atomic E-state index is 12.5. The molecule has 0 aliphatic carbocycles. The maximum Gasteiger partial charge on any atom is 0.236 e. The predicted octanol–water partition coefficient (Wildman–Crippen LogP) is 3.12. The number of carbonyl (C=O) groups excluding carboxylic acids is 1. The van der Waals surface area contributed by atoms with Crippen LogP contribution in [0, 0.1) is 25.7 Å². The van der Waals surface area contributed by atoms with Crippen molar-refractivity contribution in [2.24, 2.45) is 11.8 Å². The van der Waals surface area contributed by atoms with E-state index in [1.54, 1.807) is 0 Å². The Morgan fingerprint density at radius 3 is 2.33 bits per heavy atom. The minimum Gasteiger partial charge on any atom is -0.492 e. The zero-order valence-corrected chi connectivity index (χ0v) is 15.8. The highest BCUT2D eigenvalue weighted by molar-refractivity contribution is 5.78. The Labute approximate surface area is 146 Å². The monoisotopic (exact) mass is 332 g/mol. The fraction of sp³-hybridized carbons (Fsp3) is 0.650. The molecule has 1 aromatic rings. The van der Waals surface area contributed by atoms with E-state index >= 15 is 0 Å². The summed E-state index contributed by atoms with van der Waals surface area (Å²) in [7, 11) is 1.99. The molecular formula is C20H32N2O2. The van der Waals surface area contributed by atoms with Crippen LogP contribution in [-0.2, 0) is 4.79 Å². The van der Waals surface area contributed by atoms with Crippen molar-refractivity contribution < 1.29 is 9.53 Å². The summed E-state index contributed by atoms with van der Waals surface area (Å²) >= 11 is 0. The van der Waals surface area contributed by atoms with E-state index in [0.717, 1.165) is 25.4 Å². The van der Waals surface area contributed by atoms with Crippen molar-refractivity contribution in [1.82, 2.24) is 9.80 Å². The highest BCUT2D eigenvalue weighted by atomic mass is 16.5. The van der Waals surface area contributed by atoms with E-state index in [-0.39, 0.29) is 5.91 Å². The highest BCUT2D eigenvalue weighted by Crippen LogP contribution is 2.21. The molecule has 1 aromatic carbocycles. The summed E-state index contributed by atoms with van der Waals surface area (Å²) in [5.41, 5.74) is 2.42. The Balaban J connectivity index is 1.74. The van der Waals surface area contributed by atoms with Gasteiger partial charge in [0.1, 0.15) is 12.4 Å². The van der Waals surface area contributed by atoms with E-state index < -0.39 is 0 Å². The molecule has 1 amide bonds. The quantitative estimate of drug-likeness (QED) is 0.802. The SMILES string of the molecule is Cc1cc(C)cc(OCCN(C)CC(=O)N2CC(C)CC(C)C2)c1. The zero-order chi connectivity index (χ0) is 17.7. The first kappa shape index (κ1) is 18.8. The number of likely N-dealkylation sites (tertiary alicyclic amines) is 1. The molecule has 0 N–H and O–H groups in total. The molecule has 2 atom stereocenters. The summed E-state index contributed by atoms with van der Waals surface area (Å²) < 4.78 is 5.83. The average molecular weight is 332 g/mol. The van der Waals surface area contributed by atoms with Gasteiger partial charge < -0.3 is 9.64 Å². The van der Waals surface area contributed by atoms with E-state index in [4.69, 9.17) is 4.74 Å². The predicted molar refractivity (Wildman–Crippen MR) is 98.4 cm³/mol. The van der Waals surface area contributed by atoms with Crippen LogP contribution in [-0.4, -0.2) is 55.5 Å². The first-order valence-electron chi connectivity index (χ1n) is 9.01. The number of nitrogens with zero attached hydrogens (tertiary/aromatic N) is 2. The van der Waals surface area contributed by atoms with Gasteiger partial charge in [-0.1, -0.05) is 19.9 Å². The number of rotatable bonds is 6. The molecule has 1 heterocycles. The molecule has 0 saturated carbocycles. The van der Waals surface area contributed by atoms with Crippen molar-refractivity contribution in [2.45, 2.75) is 34.1 Å². The second-order valence-corrected chi connectivity index (χ2v) is 7.65. The molecule has 4 nitrogen and oxygen atoms in total. The topological polar surface area (TPSA) is 32.8 Å². The standard InChI is InChI=1S/C20H32N2O2/c1-15-8-16(2)11-19(10-15)24-7-6-21(5)14-20(23)22-12-17(3)9-18(4)13-22/h8,10-11,17-18H,6-7,9,12-14H2,1-5H3. The van der Waals surface area contributed by atoms with Crippen LogP contribution in [0.15, 0.2) is 18.2 Å². The van der Waals surface area contributed by atoms with Gasteiger partial charge in [-0.15, -0.1) is 0 Å². The molecule has 1 fully saturated rings. The fourth-order valence-corrected chi connectivity index (χ4v) is 3.61. The molecular weight excluding hydrogens is 300 g/mol. The lowest BCUT2D eigenvalue weighted by molar-refractivity contribution is -0.134. The van der Waals surface area contributed by atoms with Crippen molar-refractivity contribution in [3.63, 3.8) is 0 Å². The molecule has 0 aromatic heterocycles. The Morgan fingerprint density at radius 2 is 1.75 bits per heavy atom. The average Bonchev–Trinajstić information content (AvgIpc) is 2.45. The van der Waals surface area contributed by atoms with Crippen molar-refractivity contribution in [3.05, 3.63) is 29.3 Å². The number of carbonyl (C=O) groups is 1. The third-order valence-electron chi connectivity index (χ3n) is 4.56. The second-order valence-electron chi connectivity index (χ2n) is 7.65. The molecule has 1 saturated heterocycles. The fourth-order valence-electron chi connectivity index (χ4n) is 3.61. The van der Waals surface area contributed by atoms with Gasteiger partial charge in [-0.3, -0.25) is 9.69 Å². The lowest BCUT2D eigenvalue weighted by Crippen LogP contribution is -2.46. The molecule has 0 radical (unpaired) electrons. The van der Waals surface area contributed by atoms with E-state index in [1.807, 2.05) is 11.9 Å². The second kappa shape index (κ2) is 8.52. The van der Waals surface area contributed by atoms with Gasteiger partial charge in [-0.25, -0.2) is 0 Å². The van der Waals surface area contributed by atoms with E-state index in [9.17, 15) is 4.79 Å². The number of hydrogen-bond donors (Lipinski definition) is 0. The number of amides is 1. The van der Waals surface area contributed by atoms with Gasteiger partial charge in [0.15, 0.2) is 0 Å². The molecule has 1 aliphatic heterocycles. The maximum atomic E-state index is 12.5. The van der Waals surface area contributed by atoms with Crippen molar-refractivity contribution in [2.75, 3.05) is 39.8 Å². The number of aryl methyl sites for hydroxylation is 2. The third kappa shape index (κ3) is 5.82. The molecule has 0 spiro atoms. The molecule has 134 valence electrons. The van der Waals surface area contributed by atoms with Crippen LogP contribution in [0.1, 0.15) is 31.4 Å². The summed E-state index contributed by atoms with van der Waals surface area (Å²) in [6.45, 7) is 12.2. The van der Waals surface area contributed by atoms with Crippen LogP contribution in [0.4, 0.5) is 0 Å². The smallest absolute Gasteiger partial charge is 0.236 e. The van der Waals surface area contributed by atoms with Crippen LogP contribution in [0.2, 0.25) is 0 Å². The van der Waals surface area contributed by atoms with Crippen LogP contribution < -0.4 is 4.74 Å². The summed E-state index contributed by atoms with van der Waals surface area (Å²) in [6, 6.07) is 6.24. The van der Waals surface area contributed by atoms with Crippen molar-refractivity contribution >= 4 is 5.91 Å². The van der Waals surface area contributed by atoms with Gasteiger partial charge in [-0.05, 0) is 62.4 Å². The number of hydrogen-bond acceptors (Lipinski definition) is 3. The van der Waals surface area contributed by atoms with Crippen molar-refractivity contribution in [1.29, 1.82) is 0 Å². The minimum atomic E-state index is 0.238. The van der Waals surface area contributed by atoms with Gasteiger partial charge in [0.2, 0.25) is 5.91 Å². The Hall–Kier alpha value is -1.55. The lowest BCUT2D eigenvalue weighted by atomic mass is 9.92.